The summed E-state index contributed by atoms with van der Waals surface area (Å²) in [5.74, 6) is 0. The fourth-order valence-corrected chi connectivity index (χ4v) is 4.85. The van der Waals surface area contributed by atoms with Crippen molar-refractivity contribution in [3.05, 3.63) is 42.5 Å². The Morgan fingerprint density at radius 2 is 2.04 bits per heavy atom. The van der Waals surface area contributed by atoms with E-state index in [-0.39, 0.29) is 12.4 Å². The molecule has 2 N–H and O–H groups in total. The van der Waals surface area contributed by atoms with E-state index in [1.54, 1.807) is 0 Å². The van der Waals surface area contributed by atoms with Crippen LogP contribution in [0.1, 0.15) is 24.4 Å². The van der Waals surface area contributed by atoms with E-state index in [0.29, 0.717) is 6.04 Å². The second kappa shape index (κ2) is 8.48. The van der Waals surface area contributed by atoms with Crippen LogP contribution in [0.5, 0.6) is 0 Å². The van der Waals surface area contributed by atoms with Crippen molar-refractivity contribution in [2.24, 2.45) is 0 Å². The SMILES string of the molecule is Cc1cc(N2CCC(n3cc[n+](CCC[Si](C)(C)C)c3)C2)ccc1N.[Cl-]. The average molecular weight is 393 g/mol. The lowest BCUT2D eigenvalue weighted by molar-refractivity contribution is -0.696. The topological polar surface area (TPSA) is 38.1 Å². The first kappa shape index (κ1) is 20.8. The van der Waals surface area contributed by atoms with Crippen molar-refractivity contribution in [3.8, 4) is 0 Å². The molecule has 0 amide bonds. The number of aromatic nitrogens is 2. The molecule has 1 atom stereocenters. The second-order valence-electron chi connectivity index (χ2n) is 8.69. The predicted molar refractivity (Wildman–Crippen MR) is 109 cm³/mol. The van der Waals surface area contributed by atoms with Crippen molar-refractivity contribution in [1.82, 2.24) is 4.57 Å². The lowest BCUT2D eigenvalue weighted by Gasteiger charge is -2.19. The van der Waals surface area contributed by atoms with Crippen LogP contribution in [0.15, 0.2) is 36.9 Å². The van der Waals surface area contributed by atoms with Crippen LogP contribution in [0.25, 0.3) is 0 Å². The van der Waals surface area contributed by atoms with Crippen molar-refractivity contribution in [1.29, 1.82) is 0 Å². The zero-order valence-electron chi connectivity index (χ0n) is 16.6. The van der Waals surface area contributed by atoms with Gasteiger partial charge in [0, 0.05) is 32.4 Å². The van der Waals surface area contributed by atoms with E-state index < -0.39 is 8.07 Å². The minimum atomic E-state index is -0.921. The smallest absolute Gasteiger partial charge is 0.244 e. The third-order valence-corrected chi connectivity index (χ3v) is 7.11. The van der Waals surface area contributed by atoms with Gasteiger partial charge in [0.25, 0.3) is 0 Å². The molecule has 1 aromatic heterocycles. The molecule has 2 heterocycles. The monoisotopic (exact) mass is 392 g/mol. The van der Waals surface area contributed by atoms with Gasteiger partial charge in [-0.2, -0.15) is 0 Å². The third kappa shape index (κ3) is 5.27. The molecule has 144 valence electrons. The third-order valence-electron chi connectivity index (χ3n) is 5.26. The molecule has 3 rings (SSSR count). The molecule has 4 nitrogen and oxygen atoms in total. The summed E-state index contributed by atoms with van der Waals surface area (Å²) in [5, 5.41) is 0. The van der Waals surface area contributed by atoms with Crippen LogP contribution in [0.4, 0.5) is 11.4 Å². The van der Waals surface area contributed by atoms with Gasteiger partial charge in [-0.15, -0.1) is 0 Å². The minimum Gasteiger partial charge on any atom is -1.00 e. The lowest BCUT2D eigenvalue weighted by Crippen LogP contribution is -3.00. The van der Waals surface area contributed by atoms with Gasteiger partial charge >= 0.3 is 0 Å². The summed E-state index contributed by atoms with van der Waals surface area (Å²) < 4.78 is 4.76. The number of anilines is 2. The van der Waals surface area contributed by atoms with Gasteiger partial charge in [0.1, 0.15) is 18.4 Å². The number of aryl methyl sites for hydroxylation is 2. The Balaban J connectivity index is 0.00000243. The maximum Gasteiger partial charge on any atom is 0.244 e. The van der Waals surface area contributed by atoms with Crippen molar-refractivity contribution < 1.29 is 17.0 Å². The number of nitrogen functional groups attached to an aromatic ring is 1. The molecule has 1 aliphatic heterocycles. The number of benzene rings is 1. The van der Waals surface area contributed by atoms with Crippen LogP contribution < -0.4 is 27.6 Å². The van der Waals surface area contributed by atoms with Crippen LogP contribution in [0, 0.1) is 6.92 Å². The summed E-state index contributed by atoms with van der Waals surface area (Å²) in [7, 11) is -0.921. The summed E-state index contributed by atoms with van der Waals surface area (Å²) in [4.78, 5) is 2.48. The molecular weight excluding hydrogens is 360 g/mol. The highest BCUT2D eigenvalue weighted by atomic mass is 35.5. The Kier molecular flexibility index (Phi) is 6.80. The summed E-state index contributed by atoms with van der Waals surface area (Å²) in [6, 6.07) is 8.36. The number of imidazole rings is 1. The van der Waals surface area contributed by atoms with Crippen LogP contribution in [-0.2, 0) is 6.54 Å². The van der Waals surface area contributed by atoms with Gasteiger partial charge in [0.15, 0.2) is 0 Å². The summed E-state index contributed by atoms with van der Waals surface area (Å²) in [6.07, 6.45) is 9.28. The fraction of sp³-hybridized carbons (Fsp3) is 0.550. The van der Waals surface area contributed by atoms with E-state index in [0.717, 1.165) is 25.3 Å². The minimum absolute atomic E-state index is 0. The van der Waals surface area contributed by atoms with Gasteiger partial charge in [0.05, 0.1) is 13.1 Å². The Morgan fingerprint density at radius 3 is 2.73 bits per heavy atom. The number of halogens is 1. The maximum absolute atomic E-state index is 5.95. The number of rotatable bonds is 6. The van der Waals surface area contributed by atoms with E-state index in [1.807, 2.05) is 6.07 Å². The molecule has 1 aliphatic rings. The molecule has 0 spiro atoms. The molecule has 6 heteroatoms. The molecule has 1 saturated heterocycles. The van der Waals surface area contributed by atoms with Gasteiger partial charge < -0.3 is 23.0 Å². The van der Waals surface area contributed by atoms with Crippen molar-refractivity contribution in [3.63, 3.8) is 0 Å². The standard InChI is InChI=1S/C20H33N4Si.ClH/c1-17-14-18(6-7-20(17)21)23-10-8-19(15-23)24-12-11-22(16-24)9-5-13-25(2,3)4;/h6-7,11-12,14,16,19H,5,8-10,13,15,21H2,1-4H3;1H/q+1;/p-1. The summed E-state index contributed by atoms with van der Waals surface area (Å²) in [5.41, 5.74) is 9.30. The highest BCUT2D eigenvalue weighted by Crippen LogP contribution is 2.28. The van der Waals surface area contributed by atoms with Gasteiger partial charge in [-0.05, 0) is 37.1 Å². The van der Waals surface area contributed by atoms with E-state index in [1.165, 1.54) is 30.1 Å². The van der Waals surface area contributed by atoms with E-state index in [2.05, 4.69) is 71.5 Å². The number of hydrogen-bond acceptors (Lipinski definition) is 2. The highest BCUT2D eigenvalue weighted by molar-refractivity contribution is 6.76. The molecular formula is C20H33ClN4Si. The Labute approximate surface area is 165 Å². The molecule has 0 radical (unpaired) electrons. The quantitative estimate of drug-likeness (QED) is 0.449. The number of hydrogen-bond donors (Lipinski definition) is 1. The van der Waals surface area contributed by atoms with Crippen molar-refractivity contribution in [2.75, 3.05) is 23.7 Å². The zero-order chi connectivity index (χ0) is 18.0. The Morgan fingerprint density at radius 1 is 1.27 bits per heavy atom. The summed E-state index contributed by atoms with van der Waals surface area (Å²) >= 11 is 0. The van der Waals surface area contributed by atoms with E-state index in [4.69, 9.17) is 5.73 Å². The molecule has 2 aromatic rings. The van der Waals surface area contributed by atoms with E-state index >= 15 is 0 Å². The lowest BCUT2D eigenvalue weighted by atomic mass is 10.2. The van der Waals surface area contributed by atoms with Crippen LogP contribution in [0.2, 0.25) is 25.7 Å². The van der Waals surface area contributed by atoms with Crippen molar-refractivity contribution in [2.45, 2.75) is 58.0 Å². The van der Waals surface area contributed by atoms with Gasteiger partial charge in [-0.25, -0.2) is 9.13 Å². The van der Waals surface area contributed by atoms with Gasteiger partial charge in [0.2, 0.25) is 6.33 Å². The van der Waals surface area contributed by atoms with Crippen LogP contribution >= 0.6 is 0 Å². The molecule has 1 unspecified atom stereocenters. The zero-order valence-corrected chi connectivity index (χ0v) is 18.3. The average Bonchev–Trinajstić information content (AvgIpc) is 3.17. The molecule has 0 saturated carbocycles. The fourth-order valence-electron chi connectivity index (χ4n) is 3.63. The van der Waals surface area contributed by atoms with Crippen LogP contribution in [0.3, 0.4) is 0 Å². The van der Waals surface area contributed by atoms with Gasteiger partial charge in [-0.3, -0.25) is 0 Å². The molecule has 1 aromatic carbocycles. The predicted octanol–water partition coefficient (Wildman–Crippen LogP) is 0.850. The maximum atomic E-state index is 5.95. The van der Waals surface area contributed by atoms with E-state index in [9.17, 15) is 0 Å². The number of nitrogens with zero attached hydrogens (tertiary/aromatic N) is 3. The molecule has 1 fully saturated rings. The largest absolute Gasteiger partial charge is 1.00 e. The first-order valence-corrected chi connectivity index (χ1v) is 13.2. The molecule has 0 bridgehead atoms. The normalized spacial score (nSPS) is 17.4. The second-order valence-corrected chi connectivity index (χ2v) is 14.3. The Hall–Kier alpha value is -1.46. The first-order chi connectivity index (χ1) is 11.8. The Bertz CT molecular complexity index is 723. The molecule has 0 aliphatic carbocycles. The van der Waals surface area contributed by atoms with Crippen molar-refractivity contribution >= 4 is 19.4 Å². The summed E-state index contributed by atoms with van der Waals surface area (Å²) in [6.45, 7) is 12.8. The van der Waals surface area contributed by atoms with Gasteiger partial charge in [-0.1, -0.05) is 25.7 Å². The van der Waals surface area contributed by atoms with Crippen LogP contribution in [-0.4, -0.2) is 25.7 Å². The highest BCUT2D eigenvalue weighted by Gasteiger charge is 2.28. The molecule has 26 heavy (non-hydrogen) atoms. The first-order valence-electron chi connectivity index (χ1n) is 9.49. The number of nitrogens with two attached hydrogens (primary N) is 1.